The smallest absolute Gasteiger partial charge is 0.123 e. The van der Waals surface area contributed by atoms with Gasteiger partial charge in [0.05, 0.1) is 18.2 Å². The summed E-state index contributed by atoms with van der Waals surface area (Å²) in [6, 6.07) is 7.79. The van der Waals surface area contributed by atoms with Crippen molar-refractivity contribution in [2.24, 2.45) is 0 Å². The van der Waals surface area contributed by atoms with E-state index in [0.717, 1.165) is 24.3 Å². The fraction of sp³-hybridized carbons (Fsp3) is 0.500. The Morgan fingerprint density at radius 3 is 2.50 bits per heavy atom. The second kappa shape index (κ2) is 5.03. The Morgan fingerprint density at radius 1 is 1.31 bits per heavy atom. The molecule has 0 bridgehead atoms. The lowest BCUT2D eigenvalue weighted by molar-refractivity contribution is 0.308. The van der Waals surface area contributed by atoms with Crippen LogP contribution in [0.1, 0.15) is 45.2 Å². The van der Waals surface area contributed by atoms with Gasteiger partial charge in [-0.05, 0) is 30.0 Å². The average Bonchev–Trinajstić information content (AvgIpc) is 2.25. The number of benzene rings is 1. The molecule has 0 spiro atoms. The minimum atomic E-state index is -0.00403. The Hall–Kier alpha value is -1.49. The maximum Gasteiger partial charge on any atom is 0.123 e. The molecular formula is C14H19NO. The fourth-order valence-corrected chi connectivity index (χ4v) is 1.52. The molecule has 0 aliphatic rings. The van der Waals surface area contributed by atoms with Crippen molar-refractivity contribution in [2.75, 3.05) is 6.61 Å². The lowest BCUT2D eigenvalue weighted by atomic mass is 9.85. The second-order valence-corrected chi connectivity index (χ2v) is 4.92. The van der Waals surface area contributed by atoms with Crippen LogP contribution in [0.5, 0.6) is 5.75 Å². The van der Waals surface area contributed by atoms with E-state index in [1.165, 1.54) is 0 Å². The van der Waals surface area contributed by atoms with Crippen molar-refractivity contribution in [3.8, 4) is 11.8 Å². The van der Waals surface area contributed by atoms with Crippen LogP contribution in [-0.2, 0) is 5.41 Å². The van der Waals surface area contributed by atoms with Crippen molar-refractivity contribution < 1.29 is 4.74 Å². The van der Waals surface area contributed by atoms with Crippen LogP contribution in [0, 0.1) is 11.3 Å². The lowest BCUT2D eigenvalue weighted by Crippen LogP contribution is -2.14. The van der Waals surface area contributed by atoms with Crippen LogP contribution in [0.15, 0.2) is 18.2 Å². The first-order valence-electron chi connectivity index (χ1n) is 5.66. The Labute approximate surface area is 97.9 Å². The van der Waals surface area contributed by atoms with E-state index in [0.29, 0.717) is 5.56 Å². The topological polar surface area (TPSA) is 33.0 Å². The zero-order chi connectivity index (χ0) is 12.2. The maximum atomic E-state index is 8.90. The van der Waals surface area contributed by atoms with Gasteiger partial charge >= 0.3 is 0 Å². The van der Waals surface area contributed by atoms with Gasteiger partial charge < -0.3 is 4.74 Å². The molecule has 0 aliphatic heterocycles. The summed E-state index contributed by atoms with van der Waals surface area (Å²) < 4.78 is 5.70. The molecule has 0 amide bonds. The molecule has 0 heterocycles. The summed E-state index contributed by atoms with van der Waals surface area (Å²) in [5.41, 5.74) is 1.78. The molecule has 2 nitrogen and oxygen atoms in total. The van der Waals surface area contributed by atoms with Crippen LogP contribution in [0.25, 0.3) is 0 Å². The van der Waals surface area contributed by atoms with Gasteiger partial charge in [0.1, 0.15) is 5.75 Å². The maximum absolute atomic E-state index is 8.90. The quantitative estimate of drug-likeness (QED) is 0.774. The van der Waals surface area contributed by atoms with Crippen LogP contribution in [0.3, 0.4) is 0 Å². The van der Waals surface area contributed by atoms with Crippen LogP contribution in [0.2, 0.25) is 0 Å². The summed E-state index contributed by atoms with van der Waals surface area (Å²) in [6.45, 7) is 9.18. The first-order chi connectivity index (χ1) is 7.49. The molecule has 0 saturated heterocycles. The highest BCUT2D eigenvalue weighted by atomic mass is 16.5. The van der Waals surface area contributed by atoms with Gasteiger partial charge in [-0.3, -0.25) is 0 Å². The van der Waals surface area contributed by atoms with Crippen molar-refractivity contribution in [1.82, 2.24) is 0 Å². The summed E-state index contributed by atoms with van der Waals surface area (Å²) >= 11 is 0. The molecule has 1 aromatic carbocycles. The number of ether oxygens (including phenoxy) is 1. The van der Waals surface area contributed by atoms with Crippen LogP contribution < -0.4 is 4.74 Å². The molecule has 0 aliphatic carbocycles. The third kappa shape index (κ3) is 3.00. The molecule has 0 N–H and O–H groups in total. The highest BCUT2D eigenvalue weighted by Crippen LogP contribution is 2.32. The Morgan fingerprint density at radius 2 is 2.00 bits per heavy atom. The third-order valence-corrected chi connectivity index (χ3v) is 2.38. The minimum Gasteiger partial charge on any atom is -0.493 e. The fourth-order valence-electron chi connectivity index (χ4n) is 1.52. The Bertz CT molecular complexity index is 396. The van der Waals surface area contributed by atoms with Gasteiger partial charge in [0.15, 0.2) is 0 Å². The Balaban J connectivity index is 3.13. The van der Waals surface area contributed by atoms with E-state index in [-0.39, 0.29) is 5.41 Å². The van der Waals surface area contributed by atoms with Gasteiger partial charge in [-0.1, -0.05) is 27.7 Å². The minimum absolute atomic E-state index is 0.00403. The molecule has 0 saturated carbocycles. The summed E-state index contributed by atoms with van der Waals surface area (Å²) in [7, 11) is 0. The average molecular weight is 217 g/mol. The summed E-state index contributed by atoms with van der Waals surface area (Å²) in [5.74, 6) is 0.897. The number of nitriles is 1. The monoisotopic (exact) mass is 217 g/mol. The van der Waals surface area contributed by atoms with E-state index >= 15 is 0 Å². The predicted octanol–water partition coefficient (Wildman–Crippen LogP) is 3.64. The van der Waals surface area contributed by atoms with E-state index in [9.17, 15) is 0 Å². The normalized spacial score (nSPS) is 10.9. The van der Waals surface area contributed by atoms with Crippen LogP contribution in [0.4, 0.5) is 0 Å². The van der Waals surface area contributed by atoms with Crippen molar-refractivity contribution in [3.63, 3.8) is 0 Å². The SMILES string of the molecule is CCCOc1ccc(C#N)cc1C(C)(C)C. The lowest BCUT2D eigenvalue weighted by Gasteiger charge is -2.23. The van der Waals surface area contributed by atoms with Crippen molar-refractivity contribution in [3.05, 3.63) is 29.3 Å². The van der Waals surface area contributed by atoms with Crippen molar-refractivity contribution >= 4 is 0 Å². The van der Waals surface area contributed by atoms with Crippen molar-refractivity contribution in [2.45, 2.75) is 39.5 Å². The van der Waals surface area contributed by atoms with Gasteiger partial charge in [0.25, 0.3) is 0 Å². The second-order valence-electron chi connectivity index (χ2n) is 4.92. The van der Waals surface area contributed by atoms with Gasteiger partial charge in [-0.2, -0.15) is 5.26 Å². The van der Waals surface area contributed by atoms with Crippen LogP contribution >= 0.6 is 0 Å². The van der Waals surface area contributed by atoms with Gasteiger partial charge in [-0.15, -0.1) is 0 Å². The number of nitrogens with zero attached hydrogens (tertiary/aromatic N) is 1. The molecule has 0 atom stereocenters. The third-order valence-electron chi connectivity index (χ3n) is 2.38. The molecule has 0 unspecified atom stereocenters. The molecule has 1 aromatic rings. The van der Waals surface area contributed by atoms with E-state index in [4.69, 9.17) is 10.00 Å². The standard InChI is InChI=1S/C14H19NO/c1-5-8-16-13-7-6-11(10-15)9-12(13)14(2,3)4/h6-7,9H,5,8H2,1-4H3. The molecule has 0 radical (unpaired) electrons. The summed E-state index contributed by atoms with van der Waals surface area (Å²) in [6.07, 6.45) is 0.990. The molecule has 1 rings (SSSR count). The molecule has 86 valence electrons. The zero-order valence-corrected chi connectivity index (χ0v) is 10.5. The van der Waals surface area contributed by atoms with Crippen LogP contribution in [-0.4, -0.2) is 6.61 Å². The van der Waals surface area contributed by atoms with E-state index < -0.39 is 0 Å². The van der Waals surface area contributed by atoms with Gasteiger partial charge in [0, 0.05) is 5.56 Å². The summed E-state index contributed by atoms with van der Waals surface area (Å²) in [4.78, 5) is 0. The molecule has 0 aromatic heterocycles. The highest BCUT2D eigenvalue weighted by Gasteiger charge is 2.19. The van der Waals surface area contributed by atoms with Crippen molar-refractivity contribution in [1.29, 1.82) is 5.26 Å². The van der Waals surface area contributed by atoms with E-state index in [2.05, 4.69) is 33.8 Å². The summed E-state index contributed by atoms with van der Waals surface area (Å²) in [5, 5.41) is 8.90. The first-order valence-corrected chi connectivity index (χ1v) is 5.66. The first kappa shape index (κ1) is 12.6. The largest absolute Gasteiger partial charge is 0.493 e. The zero-order valence-electron chi connectivity index (χ0n) is 10.5. The number of rotatable bonds is 3. The number of hydrogen-bond acceptors (Lipinski definition) is 2. The highest BCUT2D eigenvalue weighted by molar-refractivity contribution is 5.45. The van der Waals surface area contributed by atoms with E-state index in [1.807, 2.05) is 12.1 Å². The number of hydrogen-bond donors (Lipinski definition) is 0. The van der Waals surface area contributed by atoms with Gasteiger partial charge in [0.2, 0.25) is 0 Å². The molecule has 2 heteroatoms. The molecular weight excluding hydrogens is 198 g/mol. The molecule has 16 heavy (non-hydrogen) atoms. The predicted molar refractivity (Wildman–Crippen MR) is 65.6 cm³/mol. The molecule has 0 fully saturated rings. The van der Waals surface area contributed by atoms with E-state index in [1.54, 1.807) is 6.07 Å². The van der Waals surface area contributed by atoms with Gasteiger partial charge in [-0.25, -0.2) is 0 Å². The Kier molecular flexibility index (Phi) is 3.95.